The number of hydrogen-bond acceptors (Lipinski definition) is 4. The van der Waals surface area contributed by atoms with Crippen LogP contribution in [0.5, 0.6) is 0 Å². The van der Waals surface area contributed by atoms with E-state index in [2.05, 4.69) is 4.98 Å². The lowest BCUT2D eigenvalue weighted by Gasteiger charge is -2.29. The van der Waals surface area contributed by atoms with Crippen LogP contribution in [0, 0.1) is 0 Å². The van der Waals surface area contributed by atoms with Crippen molar-refractivity contribution in [2.24, 2.45) is 0 Å². The van der Waals surface area contributed by atoms with Crippen LogP contribution in [0.25, 0.3) is 0 Å². The van der Waals surface area contributed by atoms with Gasteiger partial charge in [0.25, 0.3) is 0 Å². The fraction of sp³-hybridized carbons (Fsp3) is 0.643. The zero-order valence-electron chi connectivity index (χ0n) is 12.2. The van der Waals surface area contributed by atoms with Crippen LogP contribution in [0.2, 0.25) is 0 Å². The number of aliphatic hydroxyl groups excluding tert-OH is 1. The molecule has 0 bridgehead atoms. The first-order chi connectivity index (χ1) is 9.55. The van der Waals surface area contributed by atoms with Crippen LogP contribution in [0.3, 0.4) is 0 Å². The summed E-state index contributed by atoms with van der Waals surface area (Å²) in [5.74, 6) is 0.0630. The van der Waals surface area contributed by atoms with Gasteiger partial charge in [-0.1, -0.05) is 13.8 Å². The van der Waals surface area contributed by atoms with E-state index < -0.39 is 10.0 Å². The third-order valence-electron chi connectivity index (χ3n) is 3.43. The van der Waals surface area contributed by atoms with Gasteiger partial charge in [0.1, 0.15) is 0 Å². The van der Waals surface area contributed by atoms with E-state index >= 15 is 0 Å². The molecule has 0 aliphatic carbocycles. The van der Waals surface area contributed by atoms with E-state index in [4.69, 9.17) is 5.11 Å². The maximum atomic E-state index is 12.5. The lowest BCUT2D eigenvalue weighted by Crippen LogP contribution is -2.43. The highest BCUT2D eigenvalue weighted by Gasteiger charge is 2.27. The Morgan fingerprint density at radius 1 is 1.25 bits per heavy atom. The highest BCUT2D eigenvalue weighted by molar-refractivity contribution is 7.89. The van der Waals surface area contributed by atoms with Crippen molar-refractivity contribution in [2.45, 2.75) is 39.2 Å². The third-order valence-corrected chi connectivity index (χ3v) is 5.34. The van der Waals surface area contributed by atoms with Gasteiger partial charge in [-0.25, -0.2) is 8.42 Å². The van der Waals surface area contributed by atoms with Crippen LogP contribution < -0.4 is 0 Å². The number of rotatable bonds is 9. The van der Waals surface area contributed by atoms with Gasteiger partial charge in [0.15, 0.2) is 0 Å². The molecule has 114 valence electrons. The molecule has 1 heterocycles. The maximum Gasteiger partial charge on any atom is 0.214 e. The molecule has 0 amide bonds. The lowest BCUT2D eigenvalue weighted by atomic mass is 10.2. The largest absolute Gasteiger partial charge is 0.395 e. The summed E-state index contributed by atoms with van der Waals surface area (Å²) in [7, 11) is -3.35. The Morgan fingerprint density at radius 3 is 2.35 bits per heavy atom. The van der Waals surface area contributed by atoms with E-state index in [0.29, 0.717) is 6.42 Å². The lowest BCUT2D eigenvalue weighted by molar-refractivity contribution is 0.219. The van der Waals surface area contributed by atoms with Crippen LogP contribution in [0.1, 0.15) is 32.3 Å². The van der Waals surface area contributed by atoms with E-state index in [1.54, 1.807) is 12.4 Å². The number of hydrogen-bond donors (Lipinski definition) is 1. The Balaban J connectivity index is 2.77. The molecule has 0 aromatic carbocycles. The van der Waals surface area contributed by atoms with Crippen LogP contribution in [0.15, 0.2) is 24.5 Å². The first-order valence-electron chi connectivity index (χ1n) is 7.04. The summed E-state index contributed by atoms with van der Waals surface area (Å²) in [6.45, 7) is 3.96. The highest BCUT2D eigenvalue weighted by atomic mass is 32.2. The Kier molecular flexibility index (Phi) is 7.12. The number of aryl methyl sites for hydroxylation is 1. The molecule has 1 aromatic heterocycles. The Bertz CT molecular complexity index is 472. The molecule has 0 spiro atoms. The highest BCUT2D eigenvalue weighted by Crippen LogP contribution is 2.15. The molecule has 0 saturated heterocycles. The van der Waals surface area contributed by atoms with Crippen molar-refractivity contribution in [3.63, 3.8) is 0 Å². The van der Waals surface area contributed by atoms with Gasteiger partial charge in [0.2, 0.25) is 10.0 Å². The molecule has 20 heavy (non-hydrogen) atoms. The number of aliphatic hydroxyl groups is 1. The van der Waals surface area contributed by atoms with Crippen LogP contribution in [-0.2, 0) is 16.4 Å². The summed E-state index contributed by atoms with van der Waals surface area (Å²) in [4.78, 5) is 3.92. The van der Waals surface area contributed by atoms with Gasteiger partial charge in [0, 0.05) is 25.0 Å². The van der Waals surface area contributed by atoms with E-state index in [0.717, 1.165) is 18.4 Å². The van der Waals surface area contributed by atoms with Gasteiger partial charge in [-0.05, 0) is 37.0 Å². The van der Waals surface area contributed by atoms with Gasteiger partial charge < -0.3 is 5.11 Å². The summed E-state index contributed by atoms with van der Waals surface area (Å²) in [5, 5.41) is 9.11. The maximum absolute atomic E-state index is 12.5. The summed E-state index contributed by atoms with van der Waals surface area (Å²) >= 11 is 0. The normalized spacial score (nSPS) is 12.2. The minimum atomic E-state index is -3.35. The average Bonchev–Trinajstić information content (AvgIpc) is 2.46. The molecule has 1 rings (SSSR count). The molecule has 0 fully saturated rings. The number of pyridine rings is 1. The van der Waals surface area contributed by atoms with E-state index in [1.165, 1.54) is 4.31 Å². The van der Waals surface area contributed by atoms with E-state index in [9.17, 15) is 8.42 Å². The predicted molar refractivity (Wildman–Crippen MR) is 79.9 cm³/mol. The van der Waals surface area contributed by atoms with Crippen molar-refractivity contribution in [3.05, 3.63) is 30.1 Å². The molecular formula is C14H24N2O3S. The minimum absolute atomic E-state index is 0.0374. The van der Waals surface area contributed by atoms with Crippen molar-refractivity contribution < 1.29 is 13.5 Å². The monoisotopic (exact) mass is 300 g/mol. The molecule has 0 aliphatic rings. The molecule has 0 saturated carbocycles. The fourth-order valence-electron chi connectivity index (χ4n) is 2.26. The quantitative estimate of drug-likeness (QED) is 0.749. The predicted octanol–water partition coefficient (Wildman–Crippen LogP) is 1.44. The van der Waals surface area contributed by atoms with Crippen molar-refractivity contribution >= 4 is 10.0 Å². The summed E-state index contributed by atoms with van der Waals surface area (Å²) in [5.41, 5.74) is 0.956. The number of nitrogens with zero attached hydrogens (tertiary/aromatic N) is 2. The Hall–Kier alpha value is -0.980. The summed E-state index contributed by atoms with van der Waals surface area (Å²) in [6.07, 6.45) is 5.30. The smallest absolute Gasteiger partial charge is 0.214 e. The topological polar surface area (TPSA) is 70.5 Å². The molecule has 0 unspecified atom stereocenters. The van der Waals surface area contributed by atoms with E-state index in [1.807, 2.05) is 26.0 Å². The molecule has 5 nitrogen and oxygen atoms in total. The van der Waals surface area contributed by atoms with Crippen molar-refractivity contribution in [1.82, 2.24) is 9.29 Å². The van der Waals surface area contributed by atoms with Gasteiger partial charge >= 0.3 is 0 Å². The van der Waals surface area contributed by atoms with Crippen molar-refractivity contribution in [2.75, 3.05) is 18.9 Å². The molecule has 6 heteroatoms. The third kappa shape index (κ3) is 4.85. The molecular weight excluding hydrogens is 276 g/mol. The zero-order valence-corrected chi connectivity index (χ0v) is 13.0. The zero-order chi connectivity index (χ0) is 15.0. The second-order valence-electron chi connectivity index (χ2n) is 4.73. The second-order valence-corrected chi connectivity index (χ2v) is 6.77. The van der Waals surface area contributed by atoms with Crippen molar-refractivity contribution in [3.8, 4) is 0 Å². The Morgan fingerprint density at radius 2 is 1.85 bits per heavy atom. The fourth-order valence-corrected chi connectivity index (χ4v) is 4.10. The first-order valence-corrected chi connectivity index (χ1v) is 8.65. The van der Waals surface area contributed by atoms with E-state index in [-0.39, 0.29) is 24.9 Å². The first kappa shape index (κ1) is 17.1. The average molecular weight is 300 g/mol. The van der Waals surface area contributed by atoms with Crippen LogP contribution >= 0.6 is 0 Å². The minimum Gasteiger partial charge on any atom is -0.395 e. The van der Waals surface area contributed by atoms with Crippen LogP contribution in [-0.4, -0.2) is 47.8 Å². The van der Waals surface area contributed by atoms with Crippen LogP contribution in [0.4, 0.5) is 0 Å². The molecule has 1 N–H and O–H groups in total. The number of sulfonamides is 1. The molecule has 0 radical (unpaired) electrons. The van der Waals surface area contributed by atoms with Gasteiger partial charge in [-0.15, -0.1) is 0 Å². The number of aromatic nitrogens is 1. The standard InChI is InChI=1S/C14H24N2O3S/c1-3-14(4-2)16(10-11-17)20(18,19)12-7-13-5-8-15-9-6-13/h5-6,8-9,14,17H,3-4,7,10-12H2,1-2H3. The molecule has 0 aliphatic heterocycles. The summed E-state index contributed by atoms with van der Waals surface area (Å²) in [6, 6.07) is 3.61. The van der Waals surface area contributed by atoms with Gasteiger partial charge in [0.05, 0.1) is 12.4 Å². The van der Waals surface area contributed by atoms with Gasteiger partial charge in [-0.3, -0.25) is 4.98 Å². The van der Waals surface area contributed by atoms with Crippen molar-refractivity contribution in [1.29, 1.82) is 0 Å². The van der Waals surface area contributed by atoms with Gasteiger partial charge in [-0.2, -0.15) is 4.31 Å². The Labute approximate surface area is 121 Å². The second kappa shape index (κ2) is 8.34. The SMILES string of the molecule is CCC(CC)N(CCO)S(=O)(=O)CCc1ccncc1. The molecule has 0 atom stereocenters. The molecule has 1 aromatic rings. The summed E-state index contributed by atoms with van der Waals surface area (Å²) < 4.78 is 26.4.